The average molecular weight is 304 g/mol. The largest absolute Gasteiger partial charge is 0.480 e. The van der Waals surface area contributed by atoms with E-state index in [0.717, 1.165) is 0 Å². The van der Waals surface area contributed by atoms with Crippen molar-refractivity contribution >= 4 is 27.8 Å². The lowest BCUT2D eigenvalue weighted by molar-refractivity contribution is -0.138. The Balaban J connectivity index is 2.89. The van der Waals surface area contributed by atoms with Gasteiger partial charge in [-0.25, -0.2) is 0 Å². The molecule has 0 aliphatic rings. The quantitative estimate of drug-likeness (QED) is 0.906. The van der Waals surface area contributed by atoms with E-state index in [1.54, 1.807) is 0 Å². The Morgan fingerprint density at radius 2 is 2.24 bits per heavy atom. The molecule has 94 valence electrons. The van der Waals surface area contributed by atoms with Crippen LogP contribution in [0.3, 0.4) is 0 Å². The Morgan fingerprint density at radius 1 is 1.59 bits per heavy atom. The summed E-state index contributed by atoms with van der Waals surface area (Å²) in [6.45, 7) is 3.41. The number of amides is 1. The topological polar surface area (TPSA) is 70.8 Å². The first-order valence-electron chi connectivity index (χ1n) is 5.22. The number of furan rings is 1. The fourth-order valence-corrected chi connectivity index (χ4v) is 1.72. The predicted octanol–water partition coefficient (Wildman–Crippen LogP) is 2.37. The van der Waals surface area contributed by atoms with Crippen molar-refractivity contribution in [2.24, 2.45) is 0 Å². The number of aliphatic carboxylic acids is 1. The van der Waals surface area contributed by atoms with Gasteiger partial charge in [-0.1, -0.05) is 6.92 Å². The van der Waals surface area contributed by atoms with E-state index < -0.39 is 5.97 Å². The van der Waals surface area contributed by atoms with Gasteiger partial charge in [-0.2, -0.15) is 0 Å². The molecule has 0 saturated heterocycles. The molecule has 1 N–H and O–H groups in total. The van der Waals surface area contributed by atoms with Crippen LogP contribution in [-0.2, 0) is 4.79 Å². The number of nitrogens with zero attached hydrogens (tertiary/aromatic N) is 1. The van der Waals surface area contributed by atoms with Crippen LogP contribution < -0.4 is 0 Å². The number of carbonyl (C=O) groups is 2. The highest BCUT2D eigenvalue weighted by molar-refractivity contribution is 9.10. The third kappa shape index (κ3) is 3.59. The summed E-state index contributed by atoms with van der Waals surface area (Å²) >= 11 is 3.10. The van der Waals surface area contributed by atoms with Gasteiger partial charge in [0.2, 0.25) is 0 Å². The van der Waals surface area contributed by atoms with E-state index >= 15 is 0 Å². The Labute approximate surface area is 108 Å². The summed E-state index contributed by atoms with van der Waals surface area (Å²) in [5.74, 6) is -1.36. The predicted molar refractivity (Wildman–Crippen MR) is 64.8 cm³/mol. The van der Waals surface area contributed by atoms with Crippen molar-refractivity contribution in [3.8, 4) is 0 Å². The molecule has 0 aliphatic carbocycles. The van der Waals surface area contributed by atoms with Crippen LogP contribution in [0.4, 0.5) is 0 Å². The van der Waals surface area contributed by atoms with Crippen molar-refractivity contribution in [2.45, 2.75) is 26.3 Å². The highest BCUT2D eigenvalue weighted by Crippen LogP contribution is 2.17. The number of carbonyl (C=O) groups excluding carboxylic acids is 1. The number of carboxylic acids is 1. The average Bonchev–Trinajstić information content (AvgIpc) is 2.70. The van der Waals surface area contributed by atoms with Gasteiger partial charge in [0.1, 0.15) is 12.8 Å². The molecule has 6 heteroatoms. The standard InChI is InChI=1S/C11H14BrNO4/c1-3-7(2)13(5-10(14)15)11(16)8-4-9(12)17-6-8/h4,6-7H,3,5H2,1-2H3,(H,14,15). The van der Waals surface area contributed by atoms with Crippen LogP contribution >= 0.6 is 15.9 Å². The molecule has 1 atom stereocenters. The van der Waals surface area contributed by atoms with E-state index in [1.807, 2.05) is 13.8 Å². The van der Waals surface area contributed by atoms with Gasteiger partial charge >= 0.3 is 5.97 Å². The smallest absolute Gasteiger partial charge is 0.323 e. The maximum absolute atomic E-state index is 12.1. The number of carboxylic acid groups (broad SMARTS) is 1. The maximum Gasteiger partial charge on any atom is 0.323 e. The van der Waals surface area contributed by atoms with Crippen LogP contribution in [0.25, 0.3) is 0 Å². The Kier molecular flexibility index (Phi) is 4.74. The highest BCUT2D eigenvalue weighted by atomic mass is 79.9. The minimum atomic E-state index is -1.03. The molecular weight excluding hydrogens is 290 g/mol. The lowest BCUT2D eigenvalue weighted by Gasteiger charge is -2.26. The van der Waals surface area contributed by atoms with Gasteiger partial charge in [-0.3, -0.25) is 9.59 Å². The molecule has 1 unspecified atom stereocenters. The van der Waals surface area contributed by atoms with Crippen molar-refractivity contribution in [2.75, 3.05) is 6.54 Å². The minimum Gasteiger partial charge on any atom is -0.480 e. The van der Waals surface area contributed by atoms with Crippen molar-refractivity contribution in [1.29, 1.82) is 0 Å². The maximum atomic E-state index is 12.1. The Hall–Kier alpha value is -1.30. The normalized spacial score (nSPS) is 12.2. The zero-order valence-corrected chi connectivity index (χ0v) is 11.2. The van der Waals surface area contributed by atoms with Gasteiger partial charge in [-0.05, 0) is 29.3 Å². The van der Waals surface area contributed by atoms with E-state index in [0.29, 0.717) is 16.7 Å². The molecule has 0 fully saturated rings. The van der Waals surface area contributed by atoms with Crippen LogP contribution in [-0.4, -0.2) is 34.5 Å². The molecule has 1 amide bonds. The molecule has 17 heavy (non-hydrogen) atoms. The zero-order valence-electron chi connectivity index (χ0n) is 9.64. The first kappa shape index (κ1) is 13.8. The summed E-state index contributed by atoms with van der Waals surface area (Å²) in [4.78, 5) is 24.1. The third-order valence-electron chi connectivity index (χ3n) is 2.50. The van der Waals surface area contributed by atoms with E-state index in [9.17, 15) is 9.59 Å². The second-order valence-corrected chi connectivity index (χ2v) is 4.51. The van der Waals surface area contributed by atoms with Gasteiger partial charge < -0.3 is 14.4 Å². The molecular formula is C11H14BrNO4. The van der Waals surface area contributed by atoms with Gasteiger partial charge in [0, 0.05) is 12.1 Å². The van der Waals surface area contributed by atoms with Gasteiger partial charge in [0.15, 0.2) is 4.67 Å². The first-order chi connectivity index (χ1) is 7.95. The lowest BCUT2D eigenvalue weighted by Crippen LogP contribution is -2.41. The molecule has 1 heterocycles. The van der Waals surface area contributed by atoms with E-state index in [2.05, 4.69) is 15.9 Å². The van der Waals surface area contributed by atoms with Crippen molar-refractivity contribution in [3.05, 3.63) is 22.6 Å². The molecule has 1 rings (SSSR count). The molecule has 0 aliphatic heterocycles. The summed E-state index contributed by atoms with van der Waals surface area (Å²) in [5, 5.41) is 8.80. The molecule has 1 aromatic heterocycles. The molecule has 0 bridgehead atoms. The summed E-state index contributed by atoms with van der Waals surface area (Å²) in [6, 6.07) is 1.40. The number of hydrogen-bond acceptors (Lipinski definition) is 3. The van der Waals surface area contributed by atoms with Crippen molar-refractivity contribution < 1.29 is 19.1 Å². The van der Waals surface area contributed by atoms with E-state index in [1.165, 1.54) is 17.2 Å². The van der Waals surface area contributed by atoms with Crippen LogP contribution in [0.15, 0.2) is 21.4 Å². The van der Waals surface area contributed by atoms with Crippen LogP contribution in [0.5, 0.6) is 0 Å². The van der Waals surface area contributed by atoms with Gasteiger partial charge in [-0.15, -0.1) is 0 Å². The summed E-state index contributed by atoms with van der Waals surface area (Å²) in [5.41, 5.74) is 0.346. The lowest BCUT2D eigenvalue weighted by atomic mass is 10.2. The van der Waals surface area contributed by atoms with E-state index in [-0.39, 0.29) is 18.5 Å². The van der Waals surface area contributed by atoms with Gasteiger partial charge in [0.05, 0.1) is 5.56 Å². The fraction of sp³-hybridized carbons (Fsp3) is 0.455. The summed E-state index contributed by atoms with van der Waals surface area (Å²) in [6.07, 6.45) is 2.00. The second-order valence-electron chi connectivity index (χ2n) is 3.72. The van der Waals surface area contributed by atoms with Crippen LogP contribution in [0.1, 0.15) is 30.6 Å². The number of rotatable bonds is 5. The molecule has 0 spiro atoms. The van der Waals surface area contributed by atoms with Crippen LogP contribution in [0.2, 0.25) is 0 Å². The molecule has 0 radical (unpaired) electrons. The number of halogens is 1. The SMILES string of the molecule is CCC(C)N(CC(=O)O)C(=O)c1coc(Br)c1. The first-order valence-corrected chi connectivity index (χ1v) is 6.01. The molecule has 0 saturated carbocycles. The second kappa shape index (κ2) is 5.86. The summed E-state index contributed by atoms with van der Waals surface area (Å²) < 4.78 is 5.42. The molecule has 0 aromatic carbocycles. The zero-order chi connectivity index (χ0) is 13.0. The van der Waals surface area contributed by atoms with Crippen molar-refractivity contribution in [3.63, 3.8) is 0 Å². The molecule has 5 nitrogen and oxygen atoms in total. The Morgan fingerprint density at radius 3 is 2.65 bits per heavy atom. The van der Waals surface area contributed by atoms with Gasteiger partial charge in [0.25, 0.3) is 5.91 Å². The monoisotopic (exact) mass is 303 g/mol. The third-order valence-corrected chi connectivity index (χ3v) is 2.92. The van der Waals surface area contributed by atoms with E-state index in [4.69, 9.17) is 9.52 Å². The van der Waals surface area contributed by atoms with Crippen LogP contribution in [0, 0.1) is 0 Å². The number of hydrogen-bond donors (Lipinski definition) is 1. The van der Waals surface area contributed by atoms with Crippen molar-refractivity contribution in [1.82, 2.24) is 4.90 Å². The molecule has 1 aromatic rings. The summed E-state index contributed by atoms with van der Waals surface area (Å²) in [7, 11) is 0. The highest BCUT2D eigenvalue weighted by Gasteiger charge is 2.23. The Bertz CT molecular complexity index is 415. The fourth-order valence-electron chi connectivity index (χ4n) is 1.38. The minimum absolute atomic E-state index is 0.132.